The van der Waals surface area contributed by atoms with Crippen LogP contribution in [0.2, 0.25) is 10.2 Å². The largest absolute Gasteiger partial charge is 0.288 e. The molecule has 0 N–H and O–H groups in total. The number of rotatable bonds is 0. The molecule has 5 heteroatoms. The topological polar surface area (TPSA) is 41.1 Å². The van der Waals surface area contributed by atoms with Gasteiger partial charge in [-0.2, -0.15) is 5.26 Å². The number of hydrogen-bond acceptors (Lipinski definition) is 2. The quantitative estimate of drug-likeness (QED) is 0.692. The summed E-state index contributed by atoms with van der Waals surface area (Å²) in [6.07, 6.45) is 1.78. The predicted molar refractivity (Wildman–Crippen MR) is 54.7 cm³/mol. The van der Waals surface area contributed by atoms with Crippen molar-refractivity contribution in [3.8, 4) is 6.07 Å². The van der Waals surface area contributed by atoms with E-state index in [4.69, 9.17) is 28.5 Å². The van der Waals surface area contributed by atoms with Crippen molar-refractivity contribution in [1.29, 1.82) is 5.26 Å². The summed E-state index contributed by atoms with van der Waals surface area (Å²) in [5.41, 5.74) is 1.78. The Kier molecular flexibility index (Phi) is 2.10. The van der Waals surface area contributed by atoms with Crippen LogP contribution >= 0.6 is 23.2 Å². The van der Waals surface area contributed by atoms with E-state index in [2.05, 4.69) is 4.98 Å². The van der Waals surface area contributed by atoms with Gasteiger partial charge in [-0.05, 0) is 18.6 Å². The Morgan fingerprint density at radius 1 is 1.50 bits per heavy atom. The maximum absolute atomic E-state index is 8.85. The van der Waals surface area contributed by atoms with Crippen LogP contribution in [0.15, 0.2) is 12.3 Å². The van der Waals surface area contributed by atoms with Crippen LogP contribution in [-0.4, -0.2) is 9.38 Å². The molecule has 2 aromatic rings. The van der Waals surface area contributed by atoms with Crippen molar-refractivity contribution in [2.45, 2.75) is 6.92 Å². The number of pyridine rings is 1. The first-order chi connectivity index (χ1) is 6.63. The van der Waals surface area contributed by atoms with Crippen molar-refractivity contribution in [3.05, 3.63) is 33.7 Å². The lowest BCUT2D eigenvalue weighted by molar-refractivity contribution is 1.13. The lowest BCUT2D eigenvalue weighted by Crippen LogP contribution is -1.90. The summed E-state index contributed by atoms with van der Waals surface area (Å²) in [5.74, 6) is 0. The van der Waals surface area contributed by atoms with Gasteiger partial charge in [0.1, 0.15) is 6.07 Å². The second-order valence-corrected chi connectivity index (χ2v) is 3.69. The van der Waals surface area contributed by atoms with Gasteiger partial charge in [0.15, 0.2) is 16.5 Å². The molecule has 0 spiro atoms. The minimum Gasteiger partial charge on any atom is -0.288 e. The number of imidazole rings is 1. The van der Waals surface area contributed by atoms with Crippen molar-refractivity contribution in [3.63, 3.8) is 0 Å². The van der Waals surface area contributed by atoms with E-state index in [-0.39, 0.29) is 5.15 Å². The molecule has 0 aromatic carbocycles. The molecule has 0 aliphatic heterocycles. The number of nitrogens with zero attached hydrogens (tertiary/aromatic N) is 3. The highest BCUT2D eigenvalue weighted by Crippen LogP contribution is 2.23. The standard InChI is InChI=1S/C9H5Cl2N3/c1-5-2-6(10)9-13-8(11)7(3-12)14(9)4-5/h2,4H,1H3. The number of nitriles is 1. The molecule has 0 unspecified atom stereocenters. The predicted octanol–water partition coefficient (Wildman–Crippen LogP) is 2.82. The van der Waals surface area contributed by atoms with E-state index >= 15 is 0 Å². The van der Waals surface area contributed by atoms with Crippen LogP contribution in [0.3, 0.4) is 0 Å². The Labute approximate surface area is 90.5 Å². The highest BCUT2D eigenvalue weighted by Gasteiger charge is 2.12. The zero-order valence-corrected chi connectivity index (χ0v) is 8.76. The number of halogens is 2. The smallest absolute Gasteiger partial charge is 0.166 e. The summed E-state index contributed by atoms with van der Waals surface area (Å²) in [4.78, 5) is 4.00. The van der Waals surface area contributed by atoms with Crippen molar-refractivity contribution in [2.24, 2.45) is 0 Å². The molecule has 2 rings (SSSR count). The molecular formula is C9H5Cl2N3. The number of aromatic nitrogens is 2. The summed E-state index contributed by atoms with van der Waals surface area (Å²) in [5, 5.41) is 9.52. The molecule has 2 aromatic heterocycles. The molecule has 2 heterocycles. The van der Waals surface area contributed by atoms with Gasteiger partial charge in [0, 0.05) is 6.20 Å². The molecule has 14 heavy (non-hydrogen) atoms. The zero-order chi connectivity index (χ0) is 10.3. The number of fused-ring (bicyclic) bond motifs is 1. The summed E-state index contributed by atoms with van der Waals surface area (Å²) in [6.45, 7) is 1.89. The van der Waals surface area contributed by atoms with Gasteiger partial charge in [-0.3, -0.25) is 4.40 Å². The highest BCUT2D eigenvalue weighted by molar-refractivity contribution is 6.34. The van der Waals surface area contributed by atoms with Crippen molar-refractivity contribution >= 4 is 28.8 Å². The Morgan fingerprint density at radius 2 is 2.21 bits per heavy atom. The van der Waals surface area contributed by atoms with E-state index in [1.54, 1.807) is 16.7 Å². The molecule has 3 nitrogen and oxygen atoms in total. The molecule has 70 valence electrons. The average molecular weight is 226 g/mol. The SMILES string of the molecule is Cc1cc(Cl)c2nc(Cl)c(C#N)n2c1. The summed E-state index contributed by atoms with van der Waals surface area (Å²) < 4.78 is 1.60. The first-order valence-corrected chi connectivity index (χ1v) is 4.63. The summed E-state index contributed by atoms with van der Waals surface area (Å²) in [7, 11) is 0. The lowest BCUT2D eigenvalue weighted by atomic mass is 10.3. The lowest BCUT2D eigenvalue weighted by Gasteiger charge is -1.98. The first kappa shape index (κ1) is 9.32. The molecule has 0 saturated carbocycles. The number of hydrogen-bond donors (Lipinski definition) is 0. The summed E-state index contributed by atoms with van der Waals surface area (Å²) in [6, 6.07) is 3.76. The molecule has 0 atom stereocenters. The van der Waals surface area contributed by atoms with Crippen LogP contribution in [0.4, 0.5) is 0 Å². The normalized spacial score (nSPS) is 10.4. The van der Waals surface area contributed by atoms with E-state index in [1.807, 2.05) is 13.0 Å². The van der Waals surface area contributed by atoms with Gasteiger partial charge in [0.25, 0.3) is 0 Å². The maximum Gasteiger partial charge on any atom is 0.166 e. The minimum absolute atomic E-state index is 0.181. The Morgan fingerprint density at radius 3 is 2.86 bits per heavy atom. The monoisotopic (exact) mass is 225 g/mol. The van der Waals surface area contributed by atoms with Crippen molar-refractivity contribution in [1.82, 2.24) is 9.38 Å². The first-order valence-electron chi connectivity index (χ1n) is 3.87. The molecule has 0 saturated heterocycles. The van der Waals surface area contributed by atoms with Crippen LogP contribution in [0.5, 0.6) is 0 Å². The van der Waals surface area contributed by atoms with Crippen LogP contribution < -0.4 is 0 Å². The molecule has 0 amide bonds. The van der Waals surface area contributed by atoms with Crippen LogP contribution in [0.25, 0.3) is 5.65 Å². The van der Waals surface area contributed by atoms with Gasteiger partial charge in [-0.1, -0.05) is 23.2 Å². The van der Waals surface area contributed by atoms with Gasteiger partial charge >= 0.3 is 0 Å². The number of aryl methyl sites for hydroxylation is 1. The third-order valence-corrected chi connectivity index (χ3v) is 2.42. The summed E-state index contributed by atoms with van der Waals surface area (Å²) >= 11 is 11.7. The molecule has 0 fully saturated rings. The van der Waals surface area contributed by atoms with Crippen LogP contribution in [-0.2, 0) is 0 Å². The fraction of sp³-hybridized carbons (Fsp3) is 0.111. The average Bonchev–Trinajstić information content (AvgIpc) is 2.41. The van der Waals surface area contributed by atoms with Crippen molar-refractivity contribution in [2.75, 3.05) is 0 Å². The third-order valence-electron chi connectivity index (χ3n) is 1.88. The second kappa shape index (κ2) is 3.16. The third kappa shape index (κ3) is 1.24. The van der Waals surface area contributed by atoms with Gasteiger partial charge in [0.05, 0.1) is 5.02 Å². The van der Waals surface area contributed by atoms with Crippen LogP contribution in [0, 0.1) is 18.3 Å². The van der Waals surface area contributed by atoms with E-state index in [9.17, 15) is 0 Å². The Balaban J connectivity index is 2.97. The molecule has 0 radical (unpaired) electrons. The van der Waals surface area contributed by atoms with E-state index in [1.165, 1.54) is 0 Å². The fourth-order valence-electron chi connectivity index (χ4n) is 1.30. The molecule has 0 bridgehead atoms. The second-order valence-electron chi connectivity index (χ2n) is 2.92. The van der Waals surface area contributed by atoms with E-state index in [0.29, 0.717) is 16.4 Å². The maximum atomic E-state index is 8.85. The molecule has 0 aliphatic rings. The zero-order valence-electron chi connectivity index (χ0n) is 7.25. The highest BCUT2D eigenvalue weighted by atomic mass is 35.5. The minimum atomic E-state index is 0.181. The van der Waals surface area contributed by atoms with E-state index < -0.39 is 0 Å². The van der Waals surface area contributed by atoms with Gasteiger partial charge < -0.3 is 0 Å². The Bertz CT molecular complexity index is 551. The fourth-order valence-corrected chi connectivity index (χ4v) is 1.82. The van der Waals surface area contributed by atoms with Gasteiger partial charge in [-0.15, -0.1) is 0 Å². The van der Waals surface area contributed by atoms with Crippen LogP contribution in [0.1, 0.15) is 11.3 Å². The molecular weight excluding hydrogens is 221 g/mol. The van der Waals surface area contributed by atoms with Gasteiger partial charge in [-0.25, -0.2) is 4.98 Å². The van der Waals surface area contributed by atoms with E-state index in [0.717, 1.165) is 5.56 Å². The van der Waals surface area contributed by atoms with Crippen molar-refractivity contribution < 1.29 is 0 Å². The van der Waals surface area contributed by atoms with Gasteiger partial charge in [0.2, 0.25) is 0 Å². The molecule has 0 aliphatic carbocycles. The Hall–Kier alpha value is -1.24.